The number of amides is 1. The van der Waals surface area contributed by atoms with Crippen LogP contribution >= 0.6 is 0 Å². The first-order valence-corrected chi connectivity index (χ1v) is 8.77. The number of rotatable bonds is 7. The molecule has 7 nitrogen and oxygen atoms in total. The molecule has 1 aromatic carbocycles. The molecule has 0 spiro atoms. The van der Waals surface area contributed by atoms with Crippen molar-refractivity contribution in [1.29, 1.82) is 0 Å². The van der Waals surface area contributed by atoms with Gasteiger partial charge in [-0.3, -0.25) is 4.79 Å². The van der Waals surface area contributed by atoms with E-state index in [2.05, 4.69) is 29.5 Å². The van der Waals surface area contributed by atoms with Gasteiger partial charge in [-0.15, -0.1) is 0 Å². The van der Waals surface area contributed by atoms with Crippen LogP contribution in [0, 0.1) is 6.92 Å². The summed E-state index contributed by atoms with van der Waals surface area (Å²) in [6.07, 6.45) is 0.790. The maximum absolute atomic E-state index is 12.3. The Morgan fingerprint density at radius 3 is 2.65 bits per heavy atom. The average Bonchev–Trinajstić information content (AvgIpc) is 2.62. The highest BCUT2D eigenvalue weighted by Crippen LogP contribution is 2.25. The van der Waals surface area contributed by atoms with Gasteiger partial charge in [-0.2, -0.15) is 0 Å². The minimum Gasteiger partial charge on any atom is -0.356 e. The number of aryl methyl sites for hydroxylation is 1. The number of hydrogen-bond acceptors (Lipinski definition) is 6. The van der Waals surface area contributed by atoms with Gasteiger partial charge in [0.25, 0.3) is 5.91 Å². The maximum atomic E-state index is 12.3. The quantitative estimate of drug-likeness (QED) is 0.704. The lowest BCUT2D eigenvalue weighted by atomic mass is 10.1. The molecule has 0 bridgehead atoms. The van der Waals surface area contributed by atoms with Crippen LogP contribution in [-0.2, 0) is 6.42 Å². The number of anilines is 3. The number of hydrogen-bond donors (Lipinski definition) is 3. The first-order valence-electron chi connectivity index (χ1n) is 8.77. The normalized spacial score (nSPS) is 10.7. The van der Waals surface area contributed by atoms with E-state index in [1.54, 1.807) is 7.05 Å². The van der Waals surface area contributed by atoms with Gasteiger partial charge in [0.2, 0.25) is 0 Å². The van der Waals surface area contributed by atoms with Crippen LogP contribution in [-0.4, -0.2) is 42.6 Å². The summed E-state index contributed by atoms with van der Waals surface area (Å²) >= 11 is 0. The molecule has 0 radical (unpaired) electrons. The Kier molecular flexibility index (Phi) is 6.52. The van der Waals surface area contributed by atoms with Crippen molar-refractivity contribution < 1.29 is 4.79 Å². The van der Waals surface area contributed by atoms with Gasteiger partial charge in [-0.25, -0.2) is 9.97 Å². The zero-order chi connectivity index (χ0) is 19.3. The van der Waals surface area contributed by atoms with Gasteiger partial charge in [0.1, 0.15) is 0 Å². The maximum Gasteiger partial charge on any atom is 0.273 e. The first kappa shape index (κ1) is 19.7. The molecule has 4 N–H and O–H groups in total. The van der Waals surface area contributed by atoms with E-state index in [4.69, 9.17) is 10.7 Å². The highest BCUT2D eigenvalue weighted by Gasteiger charge is 2.20. The number of nitrogens with zero attached hydrogens (tertiary/aromatic N) is 3. The van der Waals surface area contributed by atoms with Gasteiger partial charge in [0.15, 0.2) is 17.3 Å². The van der Waals surface area contributed by atoms with Crippen LogP contribution in [0.25, 0.3) is 0 Å². The molecule has 2 aromatic rings. The standard InChI is InChI=1S/C19H28N6O/c1-12(2)25(5)18-13(3)22-16(19(26)21-4)17(24-18)23-15-8-6-7-14(11-15)9-10-20/h6-8,11-12H,9-10,20H2,1-5H3,(H,21,26)(H,23,24). The van der Waals surface area contributed by atoms with Crippen LogP contribution in [0.2, 0.25) is 0 Å². The third-order valence-corrected chi connectivity index (χ3v) is 4.22. The molecule has 0 aliphatic heterocycles. The summed E-state index contributed by atoms with van der Waals surface area (Å²) in [6.45, 7) is 6.61. The molecule has 2 rings (SSSR count). The smallest absolute Gasteiger partial charge is 0.273 e. The molecule has 0 unspecified atom stereocenters. The molecular weight excluding hydrogens is 328 g/mol. The summed E-state index contributed by atoms with van der Waals surface area (Å²) in [6, 6.07) is 8.18. The second-order valence-electron chi connectivity index (χ2n) is 6.48. The van der Waals surface area contributed by atoms with Gasteiger partial charge < -0.3 is 21.3 Å². The third-order valence-electron chi connectivity index (χ3n) is 4.22. The number of nitrogens with one attached hydrogen (secondary N) is 2. The number of carbonyl (C=O) groups excluding carboxylic acids is 1. The van der Waals surface area contributed by atoms with Gasteiger partial charge in [-0.1, -0.05) is 12.1 Å². The van der Waals surface area contributed by atoms with Gasteiger partial charge in [-0.05, 0) is 51.4 Å². The topological polar surface area (TPSA) is 96.2 Å². The summed E-state index contributed by atoms with van der Waals surface area (Å²) < 4.78 is 0. The Hall–Kier alpha value is -2.67. The van der Waals surface area contributed by atoms with Gasteiger partial charge >= 0.3 is 0 Å². The van der Waals surface area contributed by atoms with Crippen molar-refractivity contribution in [3.63, 3.8) is 0 Å². The van der Waals surface area contributed by atoms with Crippen molar-refractivity contribution in [2.75, 3.05) is 30.9 Å². The number of benzene rings is 1. The zero-order valence-corrected chi connectivity index (χ0v) is 16.1. The molecule has 0 aliphatic carbocycles. The number of carbonyl (C=O) groups is 1. The van der Waals surface area contributed by atoms with Crippen molar-refractivity contribution in [3.8, 4) is 0 Å². The molecule has 1 heterocycles. The van der Waals surface area contributed by atoms with E-state index < -0.39 is 0 Å². The van der Waals surface area contributed by atoms with Crippen LogP contribution in [0.15, 0.2) is 24.3 Å². The fourth-order valence-corrected chi connectivity index (χ4v) is 2.56. The van der Waals surface area contributed by atoms with E-state index in [0.29, 0.717) is 18.1 Å². The van der Waals surface area contributed by atoms with Crippen LogP contribution < -0.4 is 21.3 Å². The fraction of sp³-hybridized carbons (Fsp3) is 0.421. The van der Waals surface area contributed by atoms with Crippen LogP contribution in [0.1, 0.15) is 35.6 Å². The van der Waals surface area contributed by atoms with Crippen molar-refractivity contribution in [2.45, 2.75) is 33.2 Å². The lowest BCUT2D eigenvalue weighted by molar-refractivity contribution is 0.0958. The summed E-state index contributed by atoms with van der Waals surface area (Å²) in [5, 5.41) is 5.87. The third kappa shape index (κ3) is 4.49. The molecule has 140 valence electrons. The van der Waals surface area contributed by atoms with E-state index in [-0.39, 0.29) is 17.6 Å². The Morgan fingerprint density at radius 2 is 2.04 bits per heavy atom. The predicted octanol–water partition coefficient (Wildman–Crippen LogP) is 2.23. The second kappa shape index (κ2) is 8.62. The highest BCUT2D eigenvalue weighted by molar-refractivity contribution is 5.97. The Balaban J connectivity index is 2.48. The summed E-state index contributed by atoms with van der Waals surface area (Å²) in [7, 11) is 3.55. The summed E-state index contributed by atoms with van der Waals surface area (Å²) in [5.74, 6) is 0.899. The molecule has 0 saturated heterocycles. The van der Waals surface area contributed by atoms with E-state index in [0.717, 1.165) is 23.5 Å². The Morgan fingerprint density at radius 1 is 1.31 bits per heavy atom. The lowest BCUT2D eigenvalue weighted by Crippen LogP contribution is -2.29. The van der Waals surface area contributed by atoms with Crippen molar-refractivity contribution >= 4 is 23.2 Å². The van der Waals surface area contributed by atoms with E-state index in [9.17, 15) is 4.79 Å². The lowest BCUT2D eigenvalue weighted by Gasteiger charge is -2.25. The highest BCUT2D eigenvalue weighted by atomic mass is 16.1. The van der Waals surface area contributed by atoms with Crippen LogP contribution in [0.3, 0.4) is 0 Å². The largest absolute Gasteiger partial charge is 0.356 e. The van der Waals surface area contributed by atoms with E-state index in [1.165, 1.54) is 0 Å². The fourth-order valence-electron chi connectivity index (χ4n) is 2.56. The van der Waals surface area contributed by atoms with Crippen LogP contribution in [0.5, 0.6) is 0 Å². The zero-order valence-electron chi connectivity index (χ0n) is 16.1. The van der Waals surface area contributed by atoms with Gasteiger partial charge in [0.05, 0.1) is 5.69 Å². The SMILES string of the molecule is CNC(=O)c1nc(C)c(N(C)C(C)C)nc1Nc1cccc(CCN)c1. The van der Waals surface area contributed by atoms with Gasteiger partial charge in [0, 0.05) is 25.8 Å². The molecule has 1 aromatic heterocycles. The van der Waals surface area contributed by atoms with Crippen molar-refractivity contribution in [3.05, 3.63) is 41.2 Å². The summed E-state index contributed by atoms with van der Waals surface area (Å²) in [5.41, 5.74) is 8.59. The number of aromatic nitrogens is 2. The molecule has 26 heavy (non-hydrogen) atoms. The molecule has 1 amide bonds. The minimum absolute atomic E-state index is 0.259. The van der Waals surface area contributed by atoms with Crippen LogP contribution in [0.4, 0.5) is 17.3 Å². The number of nitrogens with two attached hydrogens (primary N) is 1. The predicted molar refractivity (Wildman–Crippen MR) is 106 cm³/mol. The van der Waals surface area contributed by atoms with Crippen molar-refractivity contribution in [2.24, 2.45) is 5.73 Å². The summed E-state index contributed by atoms with van der Waals surface area (Å²) in [4.78, 5) is 23.5. The molecule has 0 aliphatic rings. The monoisotopic (exact) mass is 356 g/mol. The second-order valence-corrected chi connectivity index (χ2v) is 6.48. The molecule has 0 atom stereocenters. The first-order chi connectivity index (χ1) is 12.4. The van der Waals surface area contributed by atoms with Crippen molar-refractivity contribution in [1.82, 2.24) is 15.3 Å². The molecule has 0 saturated carbocycles. The molecule has 7 heteroatoms. The molecular formula is C19H28N6O. The average molecular weight is 356 g/mol. The Labute approximate surface area is 155 Å². The van der Waals surface area contributed by atoms with E-state index >= 15 is 0 Å². The minimum atomic E-state index is -0.278. The Bertz CT molecular complexity index is 775. The van der Waals surface area contributed by atoms with E-state index in [1.807, 2.05) is 43.1 Å². The molecule has 0 fully saturated rings.